The summed E-state index contributed by atoms with van der Waals surface area (Å²) >= 11 is 0. The molecule has 5 nitrogen and oxygen atoms in total. The van der Waals surface area contributed by atoms with E-state index in [4.69, 9.17) is 0 Å². The summed E-state index contributed by atoms with van der Waals surface area (Å²) in [6.45, 7) is 2.28. The number of ether oxygens (including phenoxy) is 1. The smallest absolute Gasteiger partial charge is 0.309 e. The van der Waals surface area contributed by atoms with E-state index in [1.54, 1.807) is 0 Å². The van der Waals surface area contributed by atoms with Crippen molar-refractivity contribution < 1.29 is 9.66 Å². The molecule has 0 bridgehead atoms. The Morgan fingerprint density at radius 2 is 2.67 bits per heavy atom. The van der Waals surface area contributed by atoms with Gasteiger partial charge in [-0.05, 0) is 0 Å². The fraction of sp³-hybridized carbons (Fsp3) is 0.750. The Bertz CT molecular complexity index is 110. The Labute approximate surface area is 52.1 Å². The van der Waals surface area contributed by atoms with Crippen molar-refractivity contribution in [1.29, 1.82) is 0 Å². The Hall–Kier alpha value is -0.680. The van der Waals surface area contributed by atoms with Gasteiger partial charge in [0.1, 0.15) is 6.61 Å². The molecule has 1 unspecified atom stereocenters. The highest BCUT2D eigenvalue weighted by Crippen LogP contribution is 1.98. The number of nitro groups is 1. The lowest BCUT2D eigenvalue weighted by atomic mass is 10.5. The van der Waals surface area contributed by atoms with E-state index in [1.807, 2.05) is 0 Å². The van der Waals surface area contributed by atoms with Crippen LogP contribution in [0.5, 0.6) is 0 Å². The summed E-state index contributed by atoms with van der Waals surface area (Å²) in [5.74, 6) is 0. The Morgan fingerprint density at radius 3 is 3.00 bits per heavy atom. The van der Waals surface area contributed by atoms with Crippen molar-refractivity contribution in [2.75, 3.05) is 13.1 Å². The van der Waals surface area contributed by atoms with Crippen molar-refractivity contribution in [3.63, 3.8) is 0 Å². The molecule has 5 heteroatoms. The molecule has 9 heavy (non-hydrogen) atoms. The van der Waals surface area contributed by atoms with Crippen LogP contribution in [0.1, 0.15) is 0 Å². The van der Waals surface area contributed by atoms with Gasteiger partial charge >= 0.3 is 6.23 Å². The van der Waals surface area contributed by atoms with E-state index >= 15 is 0 Å². The van der Waals surface area contributed by atoms with E-state index in [2.05, 4.69) is 10.1 Å². The lowest BCUT2D eigenvalue weighted by molar-refractivity contribution is -0.572. The zero-order valence-corrected chi connectivity index (χ0v) is 4.74. The van der Waals surface area contributed by atoms with E-state index in [1.165, 1.54) is 6.61 Å². The Morgan fingerprint density at radius 1 is 1.89 bits per heavy atom. The predicted molar refractivity (Wildman–Crippen MR) is 29.0 cm³/mol. The van der Waals surface area contributed by atoms with Gasteiger partial charge in [0.2, 0.25) is 0 Å². The van der Waals surface area contributed by atoms with Crippen molar-refractivity contribution in [1.82, 2.24) is 5.32 Å². The molecule has 1 aliphatic rings. The number of nitrogens with one attached hydrogen (secondary N) is 1. The van der Waals surface area contributed by atoms with Gasteiger partial charge in [-0.25, -0.2) is 0 Å². The molecule has 0 saturated carbocycles. The molecule has 0 aliphatic carbocycles. The first kappa shape index (κ1) is 6.44. The molecule has 51 valence electrons. The van der Waals surface area contributed by atoms with Crippen LogP contribution >= 0.6 is 0 Å². The molecule has 1 atom stereocenters. The summed E-state index contributed by atoms with van der Waals surface area (Å²) in [6, 6.07) is 0. The summed E-state index contributed by atoms with van der Waals surface area (Å²) < 4.78 is 4.65. The van der Waals surface area contributed by atoms with Gasteiger partial charge in [0, 0.05) is 6.54 Å². The molecule has 0 amide bonds. The first-order valence-corrected chi connectivity index (χ1v) is 2.62. The van der Waals surface area contributed by atoms with E-state index in [0.717, 1.165) is 0 Å². The number of morpholine rings is 1. The third kappa shape index (κ3) is 1.62. The highest BCUT2D eigenvalue weighted by Gasteiger charge is 2.22. The lowest BCUT2D eigenvalue weighted by Crippen LogP contribution is -2.40. The second-order valence-electron chi connectivity index (χ2n) is 1.70. The zero-order valence-electron chi connectivity index (χ0n) is 4.74. The van der Waals surface area contributed by atoms with Crippen molar-refractivity contribution in [2.45, 2.75) is 6.23 Å². The number of hydrogen-bond acceptors (Lipinski definition) is 4. The predicted octanol–water partition coefficient (Wildman–Crippen LogP) is -0.629. The normalized spacial score (nSPS) is 27.8. The second-order valence-corrected chi connectivity index (χ2v) is 1.70. The average molecular weight is 131 g/mol. The maximum absolute atomic E-state index is 9.97. The fourth-order valence-corrected chi connectivity index (χ4v) is 0.597. The van der Waals surface area contributed by atoms with Crippen molar-refractivity contribution in [3.05, 3.63) is 16.7 Å². The molecule has 0 aromatic rings. The van der Waals surface area contributed by atoms with Crippen molar-refractivity contribution in [3.8, 4) is 0 Å². The molecule has 1 aliphatic heterocycles. The van der Waals surface area contributed by atoms with Gasteiger partial charge in [-0.15, -0.1) is 0 Å². The summed E-state index contributed by atoms with van der Waals surface area (Å²) in [5, 5.41) is 12.8. The Kier molecular flexibility index (Phi) is 1.96. The Balaban J connectivity index is 2.31. The van der Waals surface area contributed by atoms with Gasteiger partial charge in [0.25, 0.3) is 0 Å². The molecular formula is C4H7N2O3. The van der Waals surface area contributed by atoms with E-state index in [0.29, 0.717) is 13.1 Å². The maximum atomic E-state index is 9.97. The molecule has 0 spiro atoms. The van der Waals surface area contributed by atoms with Gasteiger partial charge in [0.15, 0.2) is 0 Å². The number of nitrogens with zero attached hydrogens (tertiary/aromatic N) is 1. The third-order valence-corrected chi connectivity index (χ3v) is 1.04. The van der Waals surface area contributed by atoms with E-state index in [9.17, 15) is 10.1 Å². The molecule has 1 rings (SSSR count). The quantitative estimate of drug-likeness (QED) is 0.380. The zero-order chi connectivity index (χ0) is 6.69. The van der Waals surface area contributed by atoms with Crippen LogP contribution in [-0.2, 0) is 4.74 Å². The van der Waals surface area contributed by atoms with Crippen LogP contribution < -0.4 is 5.32 Å². The van der Waals surface area contributed by atoms with Crippen LogP contribution in [0.25, 0.3) is 0 Å². The highest BCUT2D eigenvalue weighted by atomic mass is 16.7. The topological polar surface area (TPSA) is 64.4 Å². The third-order valence-electron chi connectivity index (χ3n) is 1.04. The van der Waals surface area contributed by atoms with Crippen LogP contribution in [0.4, 0.5) is 0 Å². The highest BCUT2D eigenvalue weighted by molar-refractivity contribution is 4.65. The van der Waals surface area contributed by atoms with Gasteiger partial charge in [-0.2, -0.15) is 0 Å². The molecule has 1 radical (unpaired) electrons. The summed E-state index contributed by atoms with van der Waals surface area (Å²) in [6.07, 6.45) is -0.890. The molecule has 1 fully saturated rings. The summed E-state index contributed by atoms with van der Waals surface area (Å²) in [5.41, 5.74) is 0. The van der Waals surface area contributed by atoms with Gasteiger partial charge in [-0.1, -0.05) is 0 Å². The van der Waals surface area contributed by atoms with Crippen LogP contribution in [0.15, 0.2) is 0 Å². The minimum atomic E-state index is -0.890. The van der Waals surface area contributed by atoms with Gasteiger partial charge in [0.05, 0.1) is 11.5 Å². The van der Waals surface area contributed by atoms with Crippen molar-refractivity contribution in [2.24, 2.45) is 0 Å². The lowest BCUT2D eigenvalue weighted by Gasteiger charge is -2.15. The maximum Gasteiger partial charge on any atom is 0.328 e. The molecule has 0 aromatic heterocycles. The van der Waals surface area contributed by atoms with Crippen LogP contribution in [0.3, 0.4) is 0 Å². The monoisotopic (exact) mass is 131 g/mol. The van der Waals surface area contributed by atoms with Crippen LogP contribution in [0, 0.1) is 16.7 Å². The largest absolute Gasteiger partial charge is 0.328 e. The average Bonchev–Trinajstić information content (AvgIpc) is 1.90. The molecule has 0 aromatic carbocycles. The minimum Gasteiger partial charge on any atom is -0.309 e. The number of hydrogen-bond donors (Lipinski definition) is 1. The first-order chi connectivity index (χ1) is 4.30. The minimum absolute atomic E-state index is 0.295. The summed E-state index contributed by atoms with van der Waals surface area (Å²) in [4.78, 5) is 9.52. The molecular weight excluding hydrogens is 124 g/mol. The molecule has 1 saturated heterocycles. The molecule has 1 N–H and O–H groups in total. The van der Waals surface area contributed by atoms with Gasteiger partial charge in [-0.3, -0.25) is 10.1 Å². The SMILES string of the molecule is O=[N+]([O-])C1CNC[CH]O1. The van der Waals surface area contributed by atoms with Crippen molar-refractivity contribution >= 4 is 0 Å². The second kappa shape index (κ2) is 2.75. The van der Waals surface area contributed by atoms with Crippen LogP contribution in [-0.4, -0.2) is 24.2 Å². The number of rotatable bonds is 1. The molecule has 1 heterocycles. The standard InChI is InChI=1S/C4H7N2O3/c7-6(8)4-3-5-1-2-9-4/h2,4-5H,1,3H2. The van der Waals surface area contributed by atoms with Crippen LogP contribution in [0.2, 0.25) is 0 Å². The summed E-state index contributed by atoms with van der Waals surface area (Å²) in [7, 11) is 0. The van der Waals surface area contributed by atoms with E-state index in [-0.39, 0.29) is 0 Å². The fourth-order valence-electron chi connectivity index (χ4n) is 0.597. The van der Waals surface area contributed by atoms with Gasteiger partial charge < -0.3 is 10.1 Å². The van der Waals surface area contributed by atoms with E-state index < -0.39 is 11.2 Å². The first-order valence-electron chi connectivity index (χ1n) is 2.62.